The van der Waals surface area contributed by atoms with E-state index < -0.39 is 0 Å². The van der Waals surface area contributed by atoms with Crippen LogP contribution in [0.15, 0.2) is 24.3 Å². The van der Waals surface area contributed by atoms with Crippen molar-refractivity contribution >= 4 is 0 Å². The van der Waals surface area contributed by atoms with Crippen LogP contribution in [0.25, 0.3) is 0 Å². The van der Waals surface area contributed by atoms with Gasteiger partial charge in [0, 0.05) is 0 Å². The second kappa shape index (κ2) is 6.62. The van der Waals surface area contributed by atoms with E-state index in [1.807, 2.05) is 0 Å². The van der Waals surface area contributed by atoms with Gasteiger partial charge in [0.05, 0.1) is 6.10 Å². The molecular weight excluding hydrogens is 184 g/mol. The third-order valence-corrected chi connectivity index (χ3v) is 2.78. The summed E-state index contributed by atoms with van der Waals surface area (Å²) in [7, 11) is 0. The third kappa shape index (κ3) is 4.98. The van der Waals surface area contributed by atoms with Crippen LogP contribution in [-0.2, 0) is 6.42 Å². The molecule has 1 heteroatoms. The number of hydrogen-bond donors (Lipinski definition) is 1. The first-order chi connectivity index (χ1) is 7.22. The molecule has 0 spiro atoms. The van der Waals surface area contributed by atoms with Gasteiger partial charge in [-0.25, -0.2) is 0 Å². The minimum absolute atomic E-state index is 0.119. The van der Waals surface area contributed by atoms with Gasteiger partial charge in [-0.1, -0.05) is 49.6 Å². The SMILES string of the molecule is CCCCC(O)CCc1ccc(C)cc1. The van der Waals surface area contributed by atoms with Gasteiger partial charge >= 0.3 is 0 Å². The lowest BCUT2D eigenvalue weighted by molar-refractivity contribution is 0.152. The normalized spacial score (nSPS) is 12.7. The van der Waals surface area contributed by atoms with Crippen molar-refractivity contribution in [1.82, 2.24) is 0 Å². The van der Waals surface area contributed by atoms with Crippen molar-refractivity contribution < 1.29 is 5.11 Å². The van der Waals surface area contributed by atoms with Gasteiger partial charge in [0.2, 0.25) is 0 Å². The molecular formula is C14H22O. The lowest BCUT2D eigenvalue weighted by Gasteiger charge is -2.09. The maximum Gasteiger partial charge on any atom is 0.0543 e. The first-order valence-electron chi connectivity index (χ1n) is 5.96. The van der Waals surface area contributed by atoms with Crippen LogP contribution in [0.5, 0.6) is 0 Å². The molecule has 1 N–H and O–H groups in total. The highest BCUT2D eigenvalue weighted by Gasteiger charge is 2.03. The lowest BCUT2D eigenvalue weighted by Crippen LogP contribution is -2.07. The van der Waals surface area contributed by atoms with Gasteiger partial charge in [0.15, 0.2) is 0 Å². The van der Waals surface area contributed by atoms with E-state index in [1.54, 1.807) is 0 Å². The summed E-state index contributed by atoms with van der Waals surface area (Å²) in [5.74, 6) is 0. The summed E-state index contributed by atoms with van der Waals surface area (Å²) in [5.41, 5.74) is 2.63. The summed E-state index contributed by atoms with van der Waals surface area (Å²) in [5, 5.41) is 9.70. The zero-order valence-corrected chi connectivity index (χ0v) is 9.87. The largest absolute Gasteiger partial charge is 0.393 e. The number of hydrogen-bond acceptors (Lipinski definition) is 1. The van der Waals surface area contributed by atoms with Crippen molar-refractivity contribution in [2.75, 3.05) is 0 Å². The predicted molar refractivity (Wildman–Crippen MR) is 65.0 cm³/mol. The van der Waals surface area contributed by atoms with Crippen LogP contribution in [0.2, 0.25) is 0 Å². The molecule has 1 atom stereocenters. The van der Waals surface area contributed by atoms with E-state index in [-0.39, 0.29) is 6.10 Å². The molecule has 0 radical (unpaired) electrons. The highest BCUT2D eigenvalue weighted by molar-refractivity contribution is 5.21. The Labute approximate surface area is 93.1 Å². The molecule has 0 aliphatic heterocycles. The van der Waals surface area contributed by atoms with Crippen LogP contribution in [0.4, 0.5) is 0 Å². The number of unbranched alkanes of at least 4 members (excludes halogenated alkanes) is 1. The first kappa shape index (κ1) is 12.3. The summed E-state index contributed by atoms with van der Waals surface area (Å²) in [6, 6.07) is 8.57. The molecule has 0 amide bonds. The van der Waals surface area contributed by atoms with E-state index in [0.717, 1.165) is 25.7 Å². The Morgan fingerprint density at radius 3 is 2.40 bits per heavy atom. The smallest absolute Gasteiger partial charge is 0.0543 e. The Kier molecular flexibility index (Phi) is 5.41. The van der Waals surface area contributed by atoms with Crippen LogP contribution in [-0.4, -0.2) is 11.2 Å². The van der Waals surface area contributed by atoms with E-state index in [2.05, 4.69) is 38.1 Å². The molecule has 0 fully saturated rings. The molecule has 84 valence electrons. The highest BCUT2D eigenvalue weighted by atomic mass is 16.3. The average molecular weight is 206 g/mol. The van der Waals surface area contributed by atoms with Crippen LogP contribution < -0.4 is 0 Å². The fraction of sp³-hybridized carbons (Fsp3) is 0.571. The minimum atomic E-state index is -0.119. The van der Waals surface area contributed by atoms with Crippen molar-refractivity contribution in [1.29, 1.82) is 0 Å². The third-order valence-electron chi connectivity index (χ3n) is 2.78. The van der Waals surface area contributed by atoms with Crippen molar-refractivity contribution in [3.05, 3.63) is 35.4 Å². The van der Waals surface area contributed by atoms with E-state index >= 15 is 0 Å². The molecule has 1 rings (SSSR count). The molecule has 0 heterocycles. The number of aryl methyl sites for hydroxylation is 2. The predicted octanol–water partition coefficient (Wildman–Crippen LogP) is 3.48. The highest BCUT2D eigenvalue weighted by Crippen LogP contribution is 2.10. The molecule has 0 aliphatic carbocycles. The topological polar surface area (TPSA) is 20.2 Å². The van der Waals surface area contributed by atoms with Gasteiger partial charge in [-0.05, 0) is 31.7 Å². The molecule has 0 aromatic heterocycles. The van der Waals surface area contributed by atoms with Gasteiger partial charge in [-0.3, -0.25) is 0 Å². The first-order valence-corrected chi connectivity index (χ1v) is 5.96. The van der Waals surface area contributed by atoms with Crippen molar-refractivity contribution in [2.24, 2.45) is 0 Å². The second-order valence-corrected chi connectivity index (χ2v) is 4.32. The molecule has 0 bridgehead atoms. The van der Waals surface area contributed by atoms with E-state index in [4.69, 9.17) is 0 Å². The maximum absolute atomic E-state index is 9.70. The van der Waals surface area contributed by atoms with E-state index in [1.165, 1.54) is 17.5 Å². The van der Waals surface area contributed by atoms with Crippen molar-refractivity contribution in [3.63, 3.8) is 0 Å². The Balaban J connectivity index is 2.27. The van der Waals surface area contributed by atoms with Gasteiger partial charge in [0.25, 0.3) is 0 Å². The van der Waals surface area contributed by atoms with Gasteiger partial charge < -0.3 is 5.11 Å². The van der Waals surface area contributed by atoms with Crippen LogP contribution >= 0.6 is 0 Å². The number of aliphatic hydroxyl groups is 1. The molecule has 1 unspecified atom stereocenters. The fourth-order valence-electron chi connectivity index (χ4n) is 1.67. The van der Waals surface area contributed by atoms with Gasteiger partial charge in [-0.2, -0.15) is 0 Å². The number of rotatable bonds is 6. The van der Waals surface area contributed by atoms with Crippen LogP contribution in [0, 0.1) is 6.92 Å². The summed E-state index contributed by atoms with van der Waals surface area (Å²) >= 11 is 0. The summed E-state index contributed by atoms with van der Waals surface area (Å²) in [6.07, 6.45) is 5.01. The molecule has 1 aromatic rings. The molecule has 1 aromatic carbocycles. The number of aliphatic hydroxyl groups excluding tert-OH is 1. The zero-order valence-electron chi connectivity index (χ0n) is 9.87. The van der Waals surface area contributed by atoms with Gasteiger partial charge in [-0.15, -0.1) is 0 Å². The molecule has 0 saturated heterocycles. The fourth-order valence-corrected chi connectivity index (χ4v) is 1.67. The monoisotopic (exact) mass is 206 g/mol. The Morgan fingerprint density at radius 2 is 1.80 bits per heavy atom. The Hall–Kier alpha value is -0.820. The molecule has 0 aliphatic rings. The van der Waals surface area contributed by atoms with Gasteiger partial charge in [0.1, 0.15) is 0 Å². The summed E-state index contributed by atoms with van der Waals surface area (Å²) in [4.78, 5) is 0. The minimum Gasteiger partial charge on any atom is -0.393 e. The van der Waals surface area contributed by atoms with Crippen molar-refractivity contribution in [3.8, 4) is 0 Å². The maximum atomic E-state index is 9.70. The summed E-state index contributed by atoms with van der Waals surface area (Å²) in [6.45, 7) is 4.26. The Bertz CT molecular complexity index is 263. The zero-order chi connectivity index (χ0) is 11.1. The molecule has 1 nitrogen and oxygen atoms in total. The molecule has 0 saturated carbocycles. The van der Waals surface area contributed by atoms with Crippen molar-refractivity contribution in [2.45, 2.75) is 52.1 Å². The second-order valence-electron chi connectivity index (χ2n) is 4.32. The molecule has 15 heavy (non-hydrogen) atoms. The van der Waals surface area contributed by atoms with E-state index in [9.17, 15) is 5.11 Å². The standard InChI is InChI=1S/C14H22O/c1-3-4-5-14(15)11-10-13-8-6-12(2)7-9-13/h6-9,14-15H,3-5,10-11H2,1-2H3. The Morgan fingerprint density at radius 1 is 1.13 bits per heavy atom. The van der Waals surface area contributed by atoms with Crippen LogP contribution in [0.1, 0.15) is 43.7 Å². The summed E-state index contributed by atoms with van der Waals surface area (Å²) < 4.78 is 0. The average Bonchev–Trinajstić information content (AvgIpc) is 2.25. The number of benzene rings is 1. The van der Waals surface area contributed by atoms with E-state index in [0.29, 0.717) is 0 Å². The lowest BCUT2D eigenvalue weighted by atomic mass is 10.0. The van der Waals surface area contributed by atoms with Crippen LogP contribution in [0.3, 0.4) is 0 Å². The quantitative estimate of drug-likeness (QED) is 0.755.